The van der Waals surface area contributed by atoms with Crippen molar-refractivity contribution in [2.75, 3.05) is 10.5 Å². The van der Waals surface area contributed by atoms with Crippen molar-refractivity contribution >= 4 is 27.2 Å². The summed E-state index contributed by atoms with van der Waals surface area (Å²) in [6.07, 6.45) is 1.43. The normalized spacial score (nSPS) is 11.1. The van der Waals surface area contributed by atoms with Crippen molar-refractivity contribution in [1.82, 2.24) is 4.98 Å². The third kappa shape index (κ3) is 3.08. The van der Waals surface area contributed by atoms with Gasteiger partial charge in [0.05, 0.1) is 10.6 Å². The van der Waals surface area contributed by atoms with Crippen molar-refractivity contribution in [3.8, 4) is 0 Å². The first-order chi connectivity index (χ1) is 9.81. The van der Waals surface area contributed by atoms with Gasteiger partial charge < -0.3 is 5.73 Å². The molecule has 0 fully saturated rings. The maximum absolute atomic E-state index is 12.3. The standard InChI is InChI=1S/C12H12N4O4S/c1-8-3-2-6-14-12(8)15-21(19,20)11-7-9(16(17)18)4-5-10(11)13/h2-7H,13H2,1H3,(H,14,15). The molecule has 3 N–H and O–H groups in total. The number of hydrogen-bond acceptors (Lipinski definition) is 6. The van der Waals surface area contributed by atoms with Crippen LogP contribution >= 0.6 is 0 Å². The Morgan fingerprint density at radius 3 is 2.67 bits per heavy atom. The van der Waals surface area contributed by atoms with Crippen LogP contribution in [0.15, 0.2) is 41.4 Å². The Balaban J connectivity index is 2.47. The van der Waals surface area contributed by atoms with E-state index in [2.05, 4.69) is 9.71 Å². The molecule has 0 saturated heterocycles. The Morgan fingerprint density at radius 2 is 2.05 bits per heavy atom. The molecule has 0 aliphatic heterocycles. The molecule has 0 atom stereocenters. The third-order valence-corrected chi connectivity index (χ3v) is 4.13. The van der Waals surface area contributed by atoms with Gasteiger partial charge in [0, 0.05) is 18.3 Å². The van der Waals surface area contributed by atoms with Crippen LogP contribution in [0.4, 0.5) is 17.2 Å². The lowest BCUT2D eigenvalue weighted by molar-refractivity contribution is -0.385. The van der Waals surface area contributed by atoms with Crippen molar-refractivity contribution in [3.05, 3.63) is 52.2 Å². The lowest BCUT2D eigenvalue weighted by Gasteiger charge is -2.10. The van der Waals surface area contributed by atoms with Gasteiger partial charge >= 0.3 is 0 Å². The zero-order valence-electron chi connectivity index (χ0n) is 11.0. The molecule has 8 nitrogen and oxygen atoms in total. The number of sulfonamides is 1. The maximum Gasteiger partial charge on any atom is 0.270 e. The van der Waals surface area contributed by atoms with E-state index < -0.39 is 14.9 Å². The molecule has 0 spiro atoms. The zero-order chi connectivity index (χ0) is 15.6. The second kappa shape index (κ2) is 5.37. The van der Waals surface area contributed by atoms with Gasteiger partial charge in [-0.15, -0.1) is 0 Å². The molecule has 110 valence electrons. The van der Waals surface area contributed by atoms with E-state index in [1.807, 2.05) is 0 Å². The van der Waals surface area contributed by atoms with Crippen LogP contribution in [0, 0.1) is 17.0 Å². The molecule has 0 aliphatic carbocycles. The van der Waals surface area contributed by atoms with Crippen LogP contribution in [0.1, 0.15) is 5.56 Å². The highest BCUT2D eigenvalue weighted by Crippen LogP contribution is 2.26. The predicted octanol–water partition coefficient (Wildman–Crippen LogP) is 1.68. The number of non-ortho nitro benzene ring substituents is 1. The number of nitrogens with zero attached hydrogens (tertiary/aromatic N) is 2. The third-order valence-electron chi connectivity index (χ3n) is 2.74. The highest BCUT2D eigenvalue weighted by atomic mass is 32.2. The first kappa shape index (κ1) is 14.7. The van der Waals surface area contributed by atoms with E-state index >= 15 is 0 Å². The minimum Gasteiger partial charge on any atom is -0.398 e. The lowest BCUT2D eigenvalue weighted by atomic mass is 10.3. The van der Waals surface area contributed by atoms with Crippen molar-refractivity contribution < 1.29 is 13.3 Å². The van der Waals surface area contributed by atoms with E-state index in [4.69, 9.17) is 5.73 Å². The van der Waals surface area contributed by atoms with Gasteiger partial charge in [-0.3, -0.25) is 14.8 Å². The van der Waals surface area contributed by atoms with Crippen LogP contribution in [-0.2, 0) is 10.0 Å². The molecule has 1 aromatic heterocycles. The van der Waals surface area contributed by atoms with E-state index in [9.17, 15) is 18.5 Å². The Morgan fingerprint density at radius 1 is 1.33 bits per heavy atom. The molecule has 1 aromatic carbocycles. The van der Waals surface area contributed by atoms with Crippen molar-refractivity contribution in [3.63, 3.8) is 0 Å². The summed E-state index contributed by atoms with van der Waals surface area (Å²) in [5.74, 6) is 0.142. The van der Waals surface area contributed by atoms with E-state index in [-0.39, 0.29) is 22.1 Å². The molecule has 0 unspecified atom stereocenters. The average molecular weight is 308 g/mol. The molecule has 0 radical (unpaired) electrons. The zero-order valence-corrected chi connectivity index (χ0v) is 11.8. The largest absolute Gasteiger partial charge is 0.398 e. The van der Waals surface area contributed by atoms with E-state index in [1.165, 1.54) is 12.3 Å². The second-order valence-electron chi connectivity index (χ2n) is 4.25. The van der Waals surface area contributed by atoms with Crippen LogP contribution in [0.2, 0.25) is 0 Å². The van der Waals surface area contributed by atoms with Gasteiger partial charge in [-0.1, -0.05) is 6.07 Å². The van der Waals surface area contributed by atoms with E-state index in [1.54, 1.807) is 19.1 Å². The van der Waals surface area contributed by atoms with Gasteiger partial charge in [-0.2, -0.15) is 0 Å². The van der Waals surface area contributed by atoms with Crippen molar-refractivity contribution in [2.24, 2.45) is 0 Å². The molecule has 0 bridgehead atoms. The minimum atomic E-state index is -4.06. The number of hydrogen-bond donors (Lipinski definition) is 2. The molecular formula is C12H12N4O4S. The van der Waals surface area contributed by atoms with Gasteiger partial charge in [0.25, 0.3) is 15.7 Å². The monoisotopic (exact) mass is 308 g/mol. The Kier molecular flexibility index (Phi) is 3.76. The highest BCUT2D eigenvalue weighted by Gasteiger charge is 2.22. The molecular weight excluding hydrogens is 296 g/mol. The summed E-state index contributed by atoms with van der Waals surface area (Å²) in [7, 11) is -4.06. The predicted molar refractivity (Wildman–Crippen MR) is 77.3 cm³/mol. The topological polar surface area (TPSA) is 128 Å². The Bertz CT molecular complexity index is 805. The molecule has 0 saturated carbocycles. The first-order valence-corrected chi connectivity index (χ1v) is 7.28. The smallest absolute Gasteiger partial charge is 0.270 e. The van der Waals surface area contributed by atoms with Gasteiger partial charge in [0.15, 0.2) is 0 Å². The SMILES string of the molecule is Cc1cccnc1NS(=O)(=O)c1cc([N+](=O)[O-])ccc1N. The second-order valence-corrected chi connectivity index (χ2v) is 5.90. The summed E-state index contributed by atoms with van der Waals surface area (Å²) in [5, 5.41) is 10.7. The Labute approximate surface area is 120 Å². The summed E-state index contributed by atoms with van der Waals surface area (Å²) in [4.78, 5) is 13.6. The van der Waals surface area contributed by atoms with Crippen molar-refractivity contribution in [1.29, 1.82) is 0 Å². The quantitative estimate of drug-likeness (QED) is 0.502. The van der Waals surface area contributed by atoms with Gasteiger partial charge in [0.1, 0.15) is 10.7 Å². The summed E-state index contributed by atoms with van der Waals surface area (Å²) >= 11 is 0. The molecule has 0 amide bonds. The molecule has 9 heteroatoms. The molecule has 21 heavy (non-hydrogen) atoms. The van der Waals surface area contributed by atoms with Crippen LogP contribution < -0.4 is 10.5 Å². The maximum atomic E-state index is 12.3. The van der Waals surface area contributed by atoms with Crippen LogP contribution in [0.5, 0.6) is 0 Å². The molecule has 2 aromatic rings. The summed E-state index contributed by atoms with van der Waals surface area (Å²) < 4.78 is 26.9. The number of nitrogen functional groups attached to an aromatic ring is 1. The number of nitro groups is 1. The van der Waals surface area contributed by atoms with Gasteiger partial charge in [-0.05, 0) is 24.6 Å². The molecule has 1 heterocycles. The van der Waals surface area contributed by atoms with Crippen LogP contribution in [0.25, 0.3) is 0 Å². The molecule has 2 rings (SSSR count). The van der Waals surface area contributed by atoms with Gasteiger partial charge in [0.2, 0.25) is 0 Å². The van der Waals surface area contributed by atoms with Crippen molar-refractivity contribution in [2.45, 2.75) is 11.8 Å². The number of aryl methyl sites for hydroxylation is 1. The fraction of sp³-hybridized carbons (Fsp3) is 0.0833. The minimum absolute atomic E-state index is 0.0818. The highest BCUT2D eigenvalue weighted by molar-refractivity contribution is 7.92. The number of aromatic nitrogens is 1. The summed E-state index contributed by atoms with van der Waals surface area (Å²) in [6.45, 7) is 1.68. The first-order valence-electron chi connectivity index (χ1n) is 5.79. The van der Waals surface area contributed by atoms with Crippen LogP contribution in [0.3, 0.4) is 0 Å². The number of nitro benzene ring substituents is 1. The number of anilines is 2. The average Bonchev–Trinajstić information content (AvgIpc) is 2.41. The lowest BCUT2D eigenvalue weighted by Crippen LogP contribution is -2.16. The number of nitrogens with two attached hydrogens (primary N) is 1. The summed E-state index contributed by atoms with van der Waals surface area (Å²) in [5.41, 5.74) is 5.78. The van der Waals surface area contributed by atoms with E-state index in [0.29, 0.717) is 5.56 Å². The molecule has 0 aliphatic rings. The fourth-order valence-electron chi connectivity index (χ4n) is 1.64. The van der Waals surface area contributed by atoms with Crippen LogP contribution in [-0.4, -0.2) is 18.3 Å². The Hall–Kier alpha value is -2.68. The number of nitrogens with one attached hydrogen (secondary N) is 1. The number of rotatable bonds is 4. The number of benzene rings is 1. The number of pyridine rings is 1. The fourth-order valence-corrected chi connectivity index (χ4v) is 2.88. The summed E-state index contributed by atoms with van der Waals surface area (Å²) in [6, 6.07) is 6.57. The van der Waals surface area contributed by atoms with E-state index in [0.717, 1.165) is 12.1 Å². The van der Waals surface area contributed by atoms with Gasteiger partial charge in [-0.25, -0.2) is 13.4 Å².